The van der Waals surface area contributed by atoms with Crippen LogP contribution < -0.4 is 10.1 Å². The standard InChI is InChI=1S/C16H17N5OS/c1-4-23-16-18-9-17-15(21-16)20-14-7-10(2)12-6-5-11(22-3)8-13(12)19-14/h5-9H,4H2,1-3H3,(H,17,18,19,20,21). The molecule has 6 nitrogen and oxygen atoms in total. The minimum Gasteiger partial charge on any atom is -0.497 e. The van der Waals surface area contributed by atoms with E-state index in [0.717, 1.165) is 28.0 Å². The van der Waals surface area contributed by atoms with Crippen LogP contribution in [-0.2, 0) is 0 Å². The number of nitrogens with one attached hydrogen (secondary N) is 1. The van der Waals surface area contributed by atoms with Gasteiger partial charge in [-0.15, -0.1) is 0 Å². The Morgan fingerprint density at radius 3 is 2.83 bits per heavy atom. The Morgan fingerprint density at radius 1 is 1.17 bits per heavy atom. The Kier molecular flexibility index (Phi) is 4.57. The third-order valence-electron chi connectivity index (χ3n) is 3.29. The predicted octanol–water partition coefficient (Wildman–Crippen LogP) is 3.59. The maximum Gasteiger partial charge on any atom is 0.232 e. The zero-order valence-corrected chi connectivity index (χ0v) is 14.0. The lowest BCUT2D eigenvalue weighted by Crippen LogP contribution is -2.01. The summed E-state index contributed by atoms with van der Waals surface area (Å²) in [4.78, 5) is 17.3. The van der Waals surface area contributed by atoms with Crippen molar-refractivity contribution in [2.24, 2.45) is 0 Å². The molecule has 23 heavy (non-hydrogen) atoms. The van der Waals surface area contributed by atoms with Crippen molar-refractivity contribution in [1.82, 2.24) is 19.9 Å². The molecule has 0 atom stereocenters. The molecular weight excluding hydrogens is 310 g/mol. The molecule has 3 rings (SSSR count). The number of hydrogen-bond acceptors (Lipinski definition) is 7. The lowest BCUT2D eigenvalue weighted by Gasteiger charge is -2.09. The first-order valence-corrected chi connectivity index (χ1v) is 8.22. The van der Waals surface area contributed by atoms with E-state index in [1.807, 2.05) is 31.2 Å². The quantitative estimate of drug-likeness (QED) is 0.718. The van der Waals surface area contributed by atoms with Crippen LogP contribution in [0.15, 0.2) is 35.7 Å². The van der Waals surface area contributed by atoms with Crippen molar-refractivity contribution in [3.63, 3.8) is 0 Å². The van der Waals surface area contributed by atoms with Crippen molar-refractivity contribution in [1.29, 1.82) is 0 Å². The van der Waals surface area contributed by atoms with Crippen molar-refractivity contribution in [2.75, 3.05) is 18.2 Å². The lowest BCUT2D eigenvalue weighted by atomic mass is 10.1. The summed E-state index contributed by atoms with van der Waals surface area (Å²) in [5.41, 5.74) is 1.99. The summed E-state index contributed by atoms with van der Waals surface area (Å²) in [5.74, 6) is 2.88. The summed E-state index contributed by atoms with van der Waals surface area (Å²) in [6, 6.07) is 7.84. The van der Waals surface area contributed by atoms with Gasteiger partial charge in [0.05, 0.1) is 12.6 Å². The van der Waals surface area contributed by atoms with E-state index in [-0.39, 0.29) is 0 Å². The van der Waals surface area contributed by atoms with Crippen LogP contribution in [0.5, 0.6) is 5.75 Å². The number of rotatable bonds is 5. The minimum atomic E-state index is 0.491. The number of nitrogens with zero attached hydrogens (tertiary/aromatic N) is 4. The molecule has 0 bridgehead atoms. The minimum absolute atomic E-state index is 0.491. The smallest absolute Gasteiger partial charge is 0.232 e. The zero-order valence-electron chi connectivity index (χ0n) is 13.2. The van der Waals surface area contributed by atoms with Crippen molar-refractivity contribution >= 4 is 34.4 Å². The van der Waals surface area contributed by atoms with Gasteiger partial charge in [-0.1, -0.05) is 18.7 Å². The Bertz CT molecular complexity index is 840. The van der Waals surface area contributed by atoms with Crippen molar-refractivity contribution < 1.29 is 4.74 Å². The van der Waals surface area contributed by atoms with Crippen LogP contribution >= 0.6 is 11.8 Å². The molecule has 3 aromatic rings. The normalized spacial score (nSPS) is 10.7. The molecule has 0 aliphatic carbocycles. The van der Waals surface area contributed by atoms with Gasteiger partial charge in [-0.05, 0) is 36.4 Å². The van der Waals surface area contributed by atoms with E-state index in [0.29, 0.717) is 16.9 Å². The number of aromatic nitrogens is 4. The highest BCUT2D eigenvalue weighted by Crippen LogP contribution is 2.25. The fourth-order valence-corrected chi connectivity index (χ4v) is 2.76. The SMILES string of the molecule is CCSc1ncnc(Nc2cc(C)c3ccc(OC)cc3n2)n1. The second kappa shape index (κ2) is 6.78. The molecule has 7 heteroatoms. The van der Waals surface area contributed by atoms with Gasteiger partial charge in [-0.3, -0.25) is 0 Å². The molecule has 2 aromatic heterocycles. The summed E-state index contributed by atoms with van der Waals surface area (Å²) >= 11 is 1.57. The molecule has 118 valence electrons. The Hall–Kier alpha value is -2.41. The van der Waals surface area contributed by atoms with Gasteiger partial charge in [0.15, 0.2) is 5.16 Å². The van der Waals surface area contributed by atoms with Gasteiger partial charge in [-0.25, -0.2) is 15.0 Å². The van der Waals surface area contributed by atoms with Crippen molar-refractivity contribution in [3.05, 3.63) is 36.2 Å². The van der Waals surface area contributed by atoms with E-state index in [1.54, 1.807) is 18.9 Å². The van der Waals surface area contributed by atoms with Crippen LogP contribution in [0, 0.1) is 6.92 Å². The van der Waals surface area contributed by atoms with E-state index in [4.69, 9.17) is 4.74 Å². The second-order valence-electron chi connectivity index (χ2n) is 4.86. The number of aryl methyl sites for hydroxylation is 1. The molecule has 1 N–H and O–H groups in total. The van der Waals surface area contributed by atoms with Crippen molar-refractivity contribution in [3.8, 4) is 5.75 Å². The van der Waals surface area contributed by atoms with Gasteiger partial charge in [-0.2, -0.15) is 4.98 Å². The predicted molar refractivity (Wildman–Crippen MR) is 92.5 cm³/mol. The molecule has 0 saturated heterocycles. The van der Waals surface area contributed by atoms with Gasteiger partial charge in [0.1, 0.15) is 17.9 Å². The molecule has 0 unspecified atom stereocenters. The number of anilines is 2. The average molecular weight is 327 g/mol. The lowest BCUT2D eigenvalue weighted by molar-refractivity contribution is 0.415. The molecule has 1 aromatic carbocycles. The summed E-state index contributed by atoms with van der Waals surface area (Å²) < 4.78 is 5.27. The van der Waals surface area contributed by atoms with E-state index in [1.165, 1.54) is 6.33 Å². The number of fused-ring (bicyclic) bond motifs is 1. The third-order valence-corrected chi connectivity index (χ3v) is 4.03. The molecule has 0 aliphatic rings. The van der Waals surface area contributed by atoms with Crippen LogP contribution in [0.2, 0.25) is 0 Å². The topological polar surface area (TPSA) is 72.8 Å². The number of hydrogen-bond donors (Lipinski definition) is 1. The van der Waals surface area contributed by atoms with Crippen molar-refractivity contribution in [2.45, 2.75) is 19.0 Å². The number of ether oxygens (including phenoxy) is 1. The van der Waals surface area contributed by atoms with Gasteiger partial charge in [0.2, 0.25) is 5.95 Å². The summed E-state index contributed by atoms with van der Waals surface area (Å²) in [5, 5.41) is 4.94. The zero-order chi connectivity index (χ0) is 16.2. The molecule has 0 spiro atoms. The third kappa shape index (κ3) is 3.50. The Balaban J connectivity index is 1.95. The monoisotopic (exact) mass is 327 g/mol. The number of thioether (sulfide) groups is 1. The summed E-state index contributed by atoms with van der Waals surface area (Å²) in [6.45, 7) is 4.11. The van der Waals surface area contributed by atoms with Gasteiger partial charge in [0, 0.05) is 11.5 Å². The van der Waals surface area contributed by atoms with E-state index >= 15 is 0 Å². The molecule has 0 radical (unpaired) electrons. The maximum atomic E-state index is 5.27. The maximum absolute atomic E-state index is 5.27. The highest BCUT2D eigenvalue weighted by atomic mass is 32.2. The number of pyridine rings is 1. The van der Waals surface area contributed by atoms with Gasteiger partial charge < -0.3 is 10.1 Å². The molecular formula is C16H17N5OS. The van der Waals surface area contributed by atoms with Crippen LogP contribution in [0.1, 0.15) is 12.5 Å². The van der Waals surface area contributed by atoms with E-state index in [2.05, 4.69) is 32.2 Å². The van der Waals surface area contributed by atoms with Crippen LogP contribution in [-0.4, -0.2) is 32.8 Å². The van der Waals surface area contributed by atoms with Gasteiger partial charge >= 0.3 is 0 Å². The summed E-state index contributed by atoms with van der Waals surface area (Å²) in [6.07, 6.45) is 1.50. The van der Waals surface area contributed by atoms with Crippen LogP contribution in [0.4, 0.5) is 11.8 Å². The summed E-state index contributed by atoms with van der Waals surface area (Å²) in [7, 11) is 1.65. The fraction of sp³-hybridized carbons (Fsp3) is 0.250. The van der Waals surface area contributed by atoms with Gasteiger partial charge in [0.25, 0.3) is 0 Å². The molecule has 2 heterocycles. The first kappa shape index (κ1) is 15.5. The molecule has 0 aliphatic heterocycles. The van der Waals surface area contributed by atoms with E-state index < -0.39 is 0 Å². The highest BCUT2D eigenvalue weighted by molar-refractivity contribution is 7.99. The van der Waals surface area contributed by atoms with Crippen LogP contribution in [0.3, 0.4) is 0 Å². The number of methoxy groups -OCH3 is 1. The average Bonchev–Trinajstić information content (AvgIpc) is 2.55. The molecule has 0 fully saturated rings. The second-order valence-corrected chi connectivity index (χ2v) is 6.09. The highest BCUT2D eigenvalue weighted by Gasteiger charge is 2.07. The first-order chi connectivity index (χ1) is 11.2. The van der Waals surface area contributed by atoms with Crippen LogP contribution in [0.25, 0.3) is 10.9 Å². The molecule has 0 amide bonds. The number of benzene rings is 1. The fourth-order valence-electron chi connectivity index (χ4n) is 2.23. The van der Waals surface area contributed by atoms with E-state index in [9.17, 15) is 0 Å². The largest absolute Gasteiger partial charge is 0.497 e. The molecule has 0 saturated carbocycles. The first-order valence-electron chi connectivity index (χ1n) is 7.24. The Morgan fingerprint density at radius 2 is 2.04 bits per heavy atom. The Labute approximate surface area is 138 Å².